The minimum absolute atomic E-state index is 0.0736. The minimum Gasteiger partial charge on any atom is -0.456 e. The topological polar surface area (TPSA) is 98.5 Å². The number of halogens is 1. The molecule has 0 fully saturated rings. The zero-order valence-corrected chi connectivity index (χ0v) is 15.8. The van der Waals surface area contributed by atoms with Gasteiger partial charge in [-0.2, -0.15) is 5.26 Å². The fraction of sp³-hybridized carbons (Fsp3) is 0.0500. The summed E-state index contributed by atoms with van der Waals surface area (Å²) in [6.07, 6.45) is 1.58. The molecule has 0 amide bonds. The van der Waals surface area contributed by atoms with Crippen LogP contribution >= 0.6 is 15.9 Å². The molecule has 7 nitrogen and oxygen atoms in total. The number of rotatable bonds is 4. The van der Waals surface area contributed by atoms with Crippen LogP contribution in [0.2, 0.25) is 0 Å². The predicted molar refractivity (Wildman–Crippen MR) is 105 cm³/mol. The molecular formula is C20H11BrN2O5. The summed E-state index contributed by atoms with van der Waals surface area (Å²) in [6, 6.07) is 15.4. The quantitative estimate of drug-likeness (QED) is 0.306. The highest BCUT2D eigenvalue weighted by molar-refractivity contribution is 9.10. The second-order valence-corrected chi connectivity index (χ2v) is 6.77. The average molecular weight is 439 g/mol. The lowest BCUT2D eigenvalue weighted by atomic mass is 10.1. The lowest BCUT2D eigenvalue weighted by Crippen LogP contribution is -1.92. The first-order chi connectivity index (χ1) is 13.5. The van der Waals surface area contributed by atoms with E-state index in [1.54, 1.807) is 48.5 Å². The van der Waals surface area contributed by atoms with E-state index in [-0.39, 0.29) is 12.5 Å². The first-order valence-corrected chi connectivity index (χ1v) is 8.90. The van der Waals surface area contributed by atoms with Crippen LogP contribution in [-0.4, -0.2) is 11.7 Å². The lowest BCUT2D eigenvalue weighted by molar-refractivity contribution is -0.384. The molecule has 0 spiro atoms. The number of fused-ring (bicyclic) bond motifs is 1. The Balaban J connectivity index is 1.69. The van der Waals surface area contributed by atoms with Crippen molar-refractivity contribution in [2.45, 2.75) is 0 Å². The van der Waals surface area contributed by atoms with Gasteiger partial charge in [0.2, 0.25) is 6.79 Å². The third-order valence-corrected chi connectivity index (χ3v) is 4.63. The molecule has 1 aromatic heterocycles. The van der Waals surface area contributed by atoms with Crippen molar-refractivity contribution in [1.82, 2.24) is 0 Å². The van der Waals surface area contributed by atoms with E-state index in [0.717, 1.165) is 0 Å². The van der Waals surface area contributed by atoms with Crippen molar-refractivity contribution in [3.8, 4) is 28.9 Å². The number of nitro benzene ring substituents is 1. The molecule has 0 saturated carbocycles. The Morgan fingerprint density at radius 3 is 2.75 bits per heavy atom. The van der Waals surface area contributed by atoms with Crippen LogP contribution in [0.4, 0.5) is 5.69 Å². The molecule has 1 aliphatic rings. The largest absolute Gasteiger partial charge is 0.456 e. The molecule has 8 heteroatoms. The predicted octanol–water partition coefficient (Wildman–Crippen LogP) is 5.41. The van der Waals surface area contributed by atoms with Gasteiger partial charge < -0.3 is 13.9 Å². The number of hydrogen-bond acceptors (Lipinski definition) is 6. The molecule has 0 atom stereocenters. The number of nitrogens with zero attached hydrogens (tertiary/aromatic N) is 2. The smallest absolute Gasteiger partial charge is 0.281 e. The third kappa shape index (κ3) is 3.35. The van der Waals surface area contributed by atoms with Gasteiger partial charge in [-0.3, -0.25) is 10.1 Å². The van der Waals surface area contributed by atoms with Gasteiger partial charge in [0.15, 0.2) is 11.5 Å². The summed E-state index contributed by atoms with van der Waals surface area (Å²) in [5, 5.41) is 20.9. The highest BCUT2D eigenvalue weighted by Crippen LogP contribution is 2.36. The van der Waals surface area contributed by atoms with Crippen LogP contribution in [0.5, 0.6) is 11.5 Å². The van der Waals surface area contributed by atoms with Gasteiger partial charge in [0.05, 0.1) is 22.1 Å². The molecule has 0 aliphatic carbocycles. The Morgan fingerprint density at radius 1 is 1.14 bits per heavy atom. The van der Waals surface area contributed by atoms with Crippen molar-refractivity contribution < 1.29 is 18.8 Å². The van der Waals surface area contributed by atoms with E-state index >= 15 is 0 Å². The number of hydrogen-bond donors (Lipinski definition) is 0. The van der Waals surface area contributed by atoms with Gasteiger partial charge in [-0.05, 0) is 54.1 Å². The van der Waals surface area contributed by atoms with E-state index in [1.165, 1.54) is 6.07 Å². The highest BCUT2D eigenvalue weighted by Gasteiger charge is 2.19. The average Bonchev–Trinajstić information content (AvgIpc) is 3.34. The van der Waals surface area contributed by atoms with E-state index in [4.69, 9.17) is 13.9 Å². The molecule has 0 unspecified atom stereocenters. The minimum atomic E-state index is -0.467. The van der Waals surface area contributed by atoms with Gasteiger partial charge >= 0.3 is 0 Å². The molecule has 0 N–H and O–H groups in total. The molecule has 138 valence electrons. The van der Waals surface area contributed by atoms with Crippen LogP contribution in [0.1, 0.15) is 11.3 Å². The van der Waals surface area contributed by atoms with Crippen LogP contribution in [0, 0.1) is 21.4 Å². The SMILES string of the molecule is N#C/C(=C/c1ccc(-c2ccc(Br)cc2[N+](=O)[O-])o1)c1ccc2c(c1)OCO2. The molecule has 3 aromatic rings. The summed E-state index contributed by atoms with van der Waals surface area (Å²) in [6.45, 7) is 0.151. The fourth-order valence-electron chi connectivity index (χ4n) is 2.83. The molecule has 0 bridgehead atoms. The molecule has 2 heterocycles. The number of ether oxygens (including phenoxy) is 2. The van der Waals surface area contributed by atoms with Gasteiger partial charge in [-0.25, -0.2) is 0 Å². The van der Waals surface area contributed by atoms with Crippen molar-refractivity contribution in [2.24, 2.45) is 0 Å². The Labute approximate surface area is 167 Å². The van der Waals surface area contributed by atoms with E-state index in [2.05, 4.69) is 22.0 Å². The van der Waals surface area contributed by atoms with E-state index < -0.39 is 4.92 Å². The van der Waals surface area contributed by atoms with Gasteiger partial charge in [0.1, 0.15) is 11.5 Å². The van der Waals surface area contributed by atoms with Crippen LogP contribution in [0.25, 0.3) is 23.0 Å². The maximum absolute atomic E-state index is 11.3. The maximum atomic E-state index is 11.3. The number of allylic oxidation sites excluding steroid dienone is 1. The lowest BCUT2D eigenvalue weighted by Gasteiger charge is -2.02. The molecule has 2 aromatic carbocycles. The summed E-state index contributed by atoms with van der Waals surface area (Å²) in [4.78, 5) is 10.9. The highest BCUT2D eigenvalue weighted by atomic mass is 79.9. The zero-order chi connectivity index (χ0) is 19.7. The van der Waals surface area contributed by atoms with Crippen LogP contribution in [-0.2, 0) is 0 Å². The summed E-state index contributed by atoms with van der Waals surface area (Å²) in [5.74, 6) is 1.95. The van der Waals surface area contributed by atoms with Gasteiger partial charge in [-0.15, -0.1) is 0 Å². The summed E-state index contributed by atoms with van der Waals surface area (Å²) < 4.78 is 17.0. The van der Waals surface area contributed by atoms with E-state index in [1.807, 2.05) is 0 Å². The Morgan fingerprint density at radius 2 is 1.96 bits per heavy atom. The second-order valence-electron chi connectivity index (χ2n) is 5.86. The molecule has 0 radical (unpaired) electrons. The van der Waals surface area contributed by atoms with Crippen molar-refractivity contribution in [1.29, 1.82) is 5.26 Å². The molecular weight excluding hydrogens is 428 g/mol. The van der Waals surface area contributed by atoms with Gasteiger partial charge in [0, 0.05) is 10.5 Å². The van der Waals surface area contributed by atoms with Gasteiger partial charge in [0.25, 0.3) is 5.69 Å². The Bertz CT molecular complexity index is 1160. The van der Waals surface area contributed by atoms with Crippen molar-refractivity contribution in [3.63, 3.8) is 0 Å². The molecule has 0 saturated heterocycles. The monoisotopic (exact) mass is 438 g/mol. The summed E-state index contributed by atoms with van der Waals surface area (Å²) >= 11 is 3.23. The van der Waals surface area contributed by atoms with Crippen LogP contribution in [0.15, 0.2) is 57.4 Å². The second kappa shape index (κ2) is 7.21. The maximum Gasteiger partial charge on any atom is 0.281 e. The van der Waals surface area contributed by atoms with Crippen LogP contribution < -0.4 is 9.47 Å². The molecule has 28 heavy (non-hydrogen) atoms. The van der Waals surface area contributed by atoms with Crippen molar-refractivity contribution in [3.05, 3.63) is 74.4 Å². The number of benzene rings is 2. The first-order valence-electron chi connectivity index (χ1n) is 8.11. The van der Waals surface area contributed by atoms with E-state index in [9.17, 15) is 15.4 Å². The van der Waals surface area contributed by atoms with E-state index in [0.29, 0.717) is 44.2 Å². The molecule has 1 aliphatic heterocycles. The molecule has 4 rings (SSSR count). The fourth-order valence-corrected chi connectivity index (χ4v) is 3.17. The Hall–Kier alpha value is -3.57. The third-order valence-electron chi connectivity index (χ3n) is 4.14. The zero-order valence-electron chi connectivity index (χ0n) is 14.2. The van der Waals surface area contributed by atoms with Crippen LogP contribution in [0.3, 0.4) is 0 Å². The standard InChI is InChI=1S/C20H11BrN2O5/c21-14-2-4-16(17(9-14)23(24)25)18-6-3-15(28-18)7-13(10-22)12-1-5-19-20(8-12)27-11-26-19/h1-9H,11H2/b13-7-. The van der Waals surface area contributed by atoms with Crippen molar-refractivity contribution in [2.75, 3.05) is 6.79 Å². The number of nitriles is 1. The number of furan rings is 1. The van der Waals surface area contributed by atoms with Gasteiger partial charge in [-0.1, -0.05) is 15.9 Å². The summed E-state index contributed by atoms with van der Waals surface area (Å²) in [5.41, 5.74) is 1.30. The number of nitro groups is 1. The normalized spacial score (nSPS) is 12.6. The summed E-state index contributed by atoms with van der Waals surface area (Å²) in [7, 11) is 0. The Kier molecular flexibility index (Phi) is 4.59. The first kappa shape index (κ1) is 17.8. The van der Waals surface area contributed by atoms with Crippen molar-refractivity contribution >= 4 is 33.3 Å².